The molecule has 5 rings (SSSR count). The Morgan fingerprint density at radius 1 is 0.932 bits per heavy atom. The molecule has 2 aliphatic rings. The van der Waals surface area contributed by atoms with Crippen LogP contribution in [0.4, 0.5) is 5.69 Å². The monoisotopic (exact) mass is 603 g/mol. The number of nitrogens with one attached hydrogen (secondary N) is 1. The van der Waals surface area contributed by atoms with Gasteiger partial charge in [0.2, 0.25) is 5.91 Å². The maximum atomic E-state index is 14.9. The molecule has 1 unspecified atom stereocenters. The van der Waals surface area contributed by atoms with Gasteiger partial charge in [0.1, 0.15) is 35.5 Å². The van der Waals surface area contributed by atoms with Crippen LogP contribution in [0.25, 0.3) is 10.9 Å². The van der Waals surface area contributed by atoms with Gasteiger partial charge in [-0.15, -0.1) is 0 Å². The first-order valence-corrected chi connectivity index (χ1v) is 16.0. The first kappa shape index (κ1) is 31.4. The van der Waals surface area contributed by atoms with E-state index in [-0.39, 0.29) is 24.2 Å². The summed E-state index contributed by atoms with van der Waals surface area (Å²) >= 11 is 0. The standard InChI is InChI=1S/C35H45N3O6/c1-23-18-30(43-2)33(31(19-23)44-3)38(26-15-8-5-9-16-26)35(42)27(20-24-12-6-4-7-13-24)36-34(41)29-21-25-14-10-11-17-28(25)37(29)22-32(39)40/h10-11,14,17-19,21,24,26-27H,4-9,12-13,15-16,20,22H2,1-3H3,(H,36,41)(H,39,40). The van der Waals surface area contributed by atoms with Crippen molar-refractivity contribution in [1.29, 1.82) is 0 Å². The number of aromatic nitrogens is 1. The Bertz CT molecular complexity index is 1460. The molecule has 3 aromatic rings. The summed E-state index contributed by atoms with van der Waals surface area (Å²) in [6, 6.07) is 12.0. The van der Waals surface area contributed by atoms with E-state index in [2.05, 4.69) is 5.32 Å². The van der Waals surface area contributed by atoms with Crippen molar-refractivity contribution in [3.05, 3.63) is 53.7 Å². The highest BCUT2D eigenvalue weighted by Gasteiger charge is 2.38. The lowest BCUT2D eigenvalue weighted by Crippen LogP contribution is -2.53. The SMILES string of the molecule is COc1cc(C)cc(OC)c1N(C(=O)C(CC1CCCCC1)NC(=O)c1cc2ccccc2n1CC(=O)O)C1CCCCC1. The molecular formula is C35H45N3O6. The fraction of sp³-hybridized carbons (Fsp3) is 0.514. The zero-order chi connectivity index (χ0) is 31.2. The van der Waals surface area contributed by atoms with Crippen LogP contribution in [-0.4, -0.2) is 53.8 Å². The van der Waals surface area contributed by atoms with Gasteiger partial charge >= 0.3 is 5.97 Å². The summed E-state index contributed by atoms with van der Waals surface area (Å²) in [7, 11) is 3.20. The van der Waals surface area contributed by atoms with Crippen molar-refractivity contribution in [1.82, 2.24) is 9.88 Å². The van der Waals surface area contributed by atoms with E-state index < -0.39 is 17.9 Å². The van der Waals surface area contributed by atoms with Crippen molar-refractivity contribution in [2.75, 3.05) is 19.1 Å². The summed E-state index contributed by atoms with van der Waals surface area (Å²) in [5, 5.41) is 13.5. The Labute approximate surface area is 259 Å². The fourth-order valence-electron chi connectivity index (χ4n) is 7.16. The number of methoxy groups -OCH3 is 2. The lowest BCUT2D eigenvalue weighted by atomic mass is 9.84. The number of fused-ring (bicyclic) bond motifs is 1. The highest BCUT2D eigenvalue weighted by atomic mass is 16.5. The van der Waals surface area contributed by atoms with E-state index in [9.17, 15) is 19.5 Å². The molecule has 2 amide bonds. The highest BCUT2D eigenvalue weighted by molar-refractivity contribution is 6.05. The van der Waals surface area contributed by atoms with Crippen molar-refractivity contribution in [3.8, 4) is 11.5 Å². The molecule has 0 bridgehead atoms. The predicted octanol–water partition coefficient (Wildman–Crippen LogP) is 6.49. The van der Waals surface area contributed by atoms with Gasteiger partial charge in [0.25, 0.3) is 5.91 Å². The minimum atomic E-state index is -1.04. The van der Waals surface area contributed by atoms with Gasteiger partial charge in [-0.3, -0.25) is 14.4 Å². The number of nitrogens with zero attached hydrogens (tertiary/aromatic N) is 2. The van der Waals surface area contributed by atoms with Gasteiger partial charge in [-0.1, -0.05) is 69.6 Å². The third-order valence-electron chi connectivity index (χ3n) is 9.28. The number of hydrogen-bond donors (Lipinski definition) is 2. The number of rotatable bonds is 11. The van der Waals surface area contributed by atoms with Crippen LogP contribution in [0.1, 0.15) is 86.7 Å². The van der Waals surface area contributed by atoms with Crippen molar-refractivity contribution in [2.24, 2.45) is 5.92 Å². The molecule has 2 N–H and O–H groups in total. The van der Waals surface area contributed by atoms with E-state index in [4.69, 9.17) is 9.47 Å². The van der Waals surface area contributed by atoms with Gasteiger partial charge in [-0.2, -0.15) is 0 Å². The van der Waals surface area contributed by atoms with Crippen LogP contribution in [0.15, 0.2) is 42.5 Å². The number of carboxylic acids is 1. The number of hydrogen-bond acceptors (Lipinski definition) is 5. The second-order valence-electron chi connectivity index (χ2n) is 12.4. The summed E-state index contributed by atoms with van der Waals surface area (Å²) < 4.78 is 13.2. The largest absolute Gasteiger partial charge is 0.494 e. The number of carbonyl (C=O) groups excluding carboxylic acids is 2. The van der Waals surface area contributed by atoms with Crippen LogP contribution in [0, 0.1) is 12.8 Å². The normalized spacial score (nSPS) is 16.8. The molecular weight excluding hydrogens is 558 g/mol. The Hall–Kier alpha value is -4.01. The van der Waals surface area contributed by atoms with E-state index >= 15 is 0 Å². The molecule has 2 fully saturated rings. The molecule has 236 valence electrons. The van der Waals surface area contributed by atoms with Crippen LogP contribution in [0.3, 0.4) is 0 Å². The maximum Gasteiger partial charge on any atom is 0.323 e. The summed E-state index contributed by atoms with van der Waals surface area (Å²) in [6.45, 7) is 1.60. The number of anilines is 1. The Morgan fingerprint density at radius 2 is 1.55 bits per heavy atom. The number of carbonyl (C=O) groups is 3. The predicted molar refractivity (Wildman–Crippen MR) is 171 cm³/mol. The number of aryl methyl sites for hydroxylation is 1. The molecule has 44 heavy (non-hydrogen) atoms. The van der Waals surface area contributed by atoms with Gasteiger partial charge < -0.3 is 29.4 Å². The number of benzene rings is 2. The number of para-hydroxylation sites is 1. The minimum Gasteiger partial charge on any atom is -0.494 e. The quantitative estimate of drug-likeness (QED) is 0.259. The van der Waals surface area contributed by atoms with E-state index in [0.717, 1.165) is 68.7 Å². The zero-order valence-corrected chi connectivity index (χ0v) is 26.1. The summed E-state index contributed by atoms with van der Waals surface area (Å²) in [4.78, 5) is 42.6. The zero-order valence-electron chi connectivity index (χ0n) is 26.1. The number of ether oxygens (including phenoxy) is 2. The highest BCUT2D eigenvalue weighted by Crippen LogP contribution is 2.43. The molecule has 2 aromatic carbocycles. The summed E-state index contributed by atoms with van der Waals surface area (Å²) in [5.74, 6) is -0.259. The maximum absolute atomic E-state index is 14.9. The average molecular weight is 604 g/mol. The van der Waals surface area contributed by atoms with Gasteiger partial charge in [-0.25, -0.2) is 0 Å². The fourth-order valence-corrected chi connectivity index (χ4v) is 7.16. The van der Waals surface area contributed by atoms with Gasteiger partial charge in [-0.05, 0) is 61.9 Å². The van der Waals surface area contributed by atoms with Crippen molar-refractivity contribution >= 4 is 34.4 Å². The summed E-state index contributed by atoms with van der Waals surface area (Å²) in [6.07, 6.45) is 10.8. The van der Waals surface area contributed by atoms with E-state index in [1.165, 1.54) is 11.0 Å². The van der Waals surface area contributed by atoms with Crippen LogP contribution >= 0.6 is 0 Å². The molecule has 1 heterocycles. The first-order chi connectivity index (χ1) is 21.3. The number of amides is 2. The van der Waals surface area contributed by atoms with Crippen LogP contribution in [0.2, 0.25) is 0 Å². The van der Waals surface area contributed by atoms with Crippen molar-refractivity contribution in [3.63, 3.8) is 0 Å². The first-order valence-electron chi connectivity index (χ1n) is 16.0. The third-order valence-corrected chi connectivity index (χ3v) is 9.28. The second kappa shape index (κ2) is 14.2. The third kappa shape index (κ3) is 6.87. The smallest absolute Gasteiger partial charge is 0.323 e. The van der Waals surface area contributed by atoms with Crippen molar-refractivity contribution in [2.45, 2.75) is 96.2 Å². The Balaban J connectivity index is 1.56. The van der Waals surface area contributed by atoms with Gasteiger partial charge in [0.15, 0.2) is 0 Å². The average Bonchev–Trinajstić information content (AvgIpc) is 3.40. The lowest BCUT2D eigenvalue weighted by Gasteiger charge is -2.39. The molecule has 2 aliphatic carbocycles. The molecule has 0 aliphatic heterocycles. The van der Waals surface area contributed by atoms with Crippen LogP contribution < -0.4 is 19.7 Å². The van der Waals surface area contributed by atoms with E-state index in [1.54, 1.807) is 26.4 Å². The number of carboxylic acid groups (broad SMARTS) is 1. The summed E-state index contributed by atoms with van der Waals surface area (Å²) in [5.41, 5.74) is 2.44. The topological polar surface area (TPSA) is 110 Å². The van der Waals surface area contributed by atoms with Crippen LogP contribution in [-0.2, 0) is 16.1 Å². The van der Waals surface area contributed by atoms with E-state index in [1.807, 2.05) is 42.2 Å². The molecule has 1 atom stereocenters. The van der Waals surface area contributed by atoms with Crippen molar-refractivity contribution < 1.29 is 29.0 Å². The Kier molecular flexibility index (Phi) is 10.1. The van der Waals surface area contributed by atoms with Gasteiger partial charge in [0.05, 0.1) is 14.2 Å². The molecule has 0 radical (unpaired) electrons. The van der Waals surface area contributed by atoms with Gasteiger partial charge in [0, 0.05) is 16.9 Å². The Morgan fingerprint density at radius 3 is 2.16 bits per heavy atom. The second-order valence-corrected chi connectivity index (χ2v) is 12.4. The molecule has 9 heteroatoms. The lowest BCUT2D eigenvalue weighted by molar-refractivity contribution is -0.137. The molecule has 1 aromatic heterocycles. The molecule has 0 spiro atoms. The number of aliphatic carboxylic acids is 1. The molecule has 9 nitrogen and oxygen atoms in total. The van der Waals surface area contributed by atoms with E-state index in [0.29, 0.717) is 35.0 Å². The minimum absolute atomic E-state index is 0.0639. The van der Waals surface area contributed by atoms with Crippen LogP contribution in [0.5, 0.6) is 11.5 Å². The molecule has 2 saturated carbocycles. The molecule has 0 saturated heterocycles.